The minimum Gasteiger partial charge on any atom is -0.352 e. The van der Waals surface area contributed by atoms with Crippen LogP contribution in [0.2, 0.25) is 5.02 Å². The van der Waals surface area contributed by atoms with E-state index in [1.807, 2.05) is 0 Å². The summed E-state index contributed by atoms with van der Waals surface area (Å²) in [5.74, 6) is -0.0979. The molecule has 10 heteroatoms. The molecule has 0 aliphatic carbocycles. The van der Waals surface area contributed by atoms with Gasteiger partial charge in [0.15, 0.2) is 5.16 Å². The molecule has 0 unspecified atom stereocenters. The molecule has 2 N–H and O–H groups in total. The molecule has 0 saturated carbocycles. The summed E-state index contributed by atoms with van der Waals surface area (Å²) in [7, 11) is 1.79. The van der Waals surface area contributed by atoms with E-state index >= 15 is 0 Å². The number of anilines is 1. The van der Waals surface area contributed by atoms with Crippen molar-refractivity contribution in [1.29, 1.82) is 0 Å². The molecule has 7 nitrogen and oxygen atoms in total. The quantitative estimate of drug-likeness (QED) is 0.517. The number of rotatable bonds is 8. The van der Waals surface area contributed by atoms with Crippen LogP contribution in [0.5, 0.6) is 0 Å². The first kappa shape index (κ1) is 21.8. The number of halogens is 2. The summed E-state index contributed by atoms with van der Waals surface area (Å²) < 4.78 is 15.0. The Balaban J connectivity index is 1.46. The molecule has 30 heavy (non-hydrogen) atoms. The Hall–Kier alpha value is -2.91. The van der Waals surface area contributed by atoms with Gasteiger partial charge in [0, 0.05) is 36.3 Å². The average Bonchev–Trinajstić information content (AvgIpc) is 3.06. The van der Waals surface area contributed by atoms with Crippen molar-refractivity contribution in [3.8, 4) is 0 Å². The van der Waals surface area contributed by atoms with Crippen LogP contribution >= 0.6 is 23.4 Å². The zero-order chi connectivity index (χ0) is 21.5. The van der Waals surface area contributed by atoms with Gasteiger partial charge < -0.3 is 15.2 Å². The van der Waals surface area contributed by atoms with Gasteiger partial charge in [-0.25, -0.2) is 4.39 Å². The van der Waals surface area contributed by atoms with Crippen molar-refractivity contribution in [3.63, 3.8) is 0 Å². The van der Waals surface area contributed by atoms with Crippen LogP contribution in [-0.2, 0) is 18.3 Å². The standard InChI is InChI=1S/C20H19ClFN5O2S/c1-27-17(9-10-23-19(29)13-5-7-14(21)8-6-13)25-26-20(27)30-12-18(28)24-16-4-2-3-15(22)11-16/h2-8,11H,9-10,12H2,1H3,(H,23,29)(H,24,28). The minimum atomic E-state index is -0.415. The summed E-state index contributed by atoms with van der Waals surface area (Å²) in [5.41, 5.74) is 0.925. The number of nitrogens with one attached hydrogen (secondary N) is 2. The maximum Gasteiger partial charge on any atom is 0.251 e. The third kappa shape index (κ3) is 6.04. The lowest BCUT2D eigenvalue weighted by molar-refractivity contribution is -0.113. The van der Waals surface area contributed by atoms with Crippen LogP contribution < -0.4 is 10.6 Å². The maximum absolute atomic E-state index is 13.2. The van der Waals surface area contributed by atoms with Gasteiger partial charge in [-0.15, -0.1) is 10.2 Å². The van der Waals surface area contributed by atoms with E-state index in [0.29, 0.717) is 40.2 Å². The van der Waals surface area contributed by atoms with Gasteiger partial charge in [-0.05, 0) is 42.5 Å². The Labute approximate surface area is 182 Å². The van der Waals surface area contributed by atoms with E-state index < -0.39 is 5.82 Å². The maximum atomic E-state index is 13.2. The number of hydrogen-bond donors (Lipinski definition) is 2. The van der Waals surface area contributed by atoms with Gasteiger partial charge in [0.1, 0.15) is 11.6 Å². The predicted octanol–water partition coefficient (Wildman–Crippen LogP) is 3.31. The highest BCUT2D eigenvalue weighted by Crippen LogP contribution is 2.17. The van der Waals surface area contributed by atoms with Gasteiger partial charge in [-0.1, -0.05) is 29.4 Å². The zero-order valence-electron chi connectivity index (χ0n) is 16.1. The summed E-state index contributed by atoms with van der Waals surface area (Å²) >= 11 is 7.04. The van der Waals surface area contributed by atoms with Crippen molar-refractivity contribution in [1.82, 2.24) is 20.1 Å². The molecule has 0 fully saturated rings. The molecule has 1 heterocycles. The molecular formula is C20H19ClFN5O2S. The smallest absolute Gasteiger partial charge is 0.251 e. The van der Waals surface area contributed by atoms with E-state index in [-0.39, 0.29) is 17.6 Å². The summed E-state index contributed by atoms with van der Waals surface area (Å²) in [5, 5.41) is 14.8. The number of aromatic nitrogens is 3. The number of benzene rings is 2. The fourth-order valence-electron chi connectivity index (χ4n) is 2.57. The first-order chi connectivity index (χ1) is 14.4. The second-order valence-corrected chi connectivity index (χ2v) is 7.70. The average molecular weight is 448 g/mol. The van der Waals surface area contributed by atoms with Gasteiger partial charge in [-0.2, -0.15) is 0 Å². The van der Waals surface area contributed by atoms with Gasteiger partial charge in [0.25, 0.3) is 5.91 Å². The molecule has 0 saturated heterocycles. The van der Waals surface area contributed by atoms with Gasteiger partial charge in [0.2, 0.25) is 5.91 Å². The van der Waals surface area contributed by atoms with Crippen LogP contribution in [0.3, 0.4) is 0 Å². The third-order valence-electron chi connectivity index (χ3n) is 4.11. The highest BCUT2D eigenvalue weighted by Gasteiger charge is 2.12. The highest BCUT2D eigenvalue weighted by atomic mass is 35.5. The first-order valence-corrected chi connectivity index (χ1v) is 10.4. The topological polar surface area (TPSA) is 88.9 Å². The Morgan fingerprint density at radius 3 is 2.67 bits per heavy atom. The lowest BCUT2D eigenvalue weighted by Gasteiger charge is -2.07. The Bertz CT molecular complexity index is 1040. The fraction of sp³-hybridized carbons (Fsp3) is 0.200. The minimum absolute atomic E-state index is 0.107. The van der Waals surface area contributed by atoms with E-state index in [4.69, 9.17) is 11.6 Å². The molecule has 0 atom stereocenters. The second-order valence-electron chi connectivity index (χ2n) is 6.32. The molecular weight excluding hydrogens is 429 g/mol. The molecule has 2 amide bonds. The molecule has 0 bridgehead atoms. The number of thioether (sulfide) groups is 1. The molecule has 1 aromatic heterocycles. The van der Waals surface area contributed by atoms with E-state index in [9.17, 15) is 14.0 Å². The molecule has 0 spiro atoms. The lowest BCUT2D eigenvalue weighted by Crippen LogP contribution is -2.26. The largest absolute Gasteiger partial charge is 0.352 e. The summed E-state index contributed by atoms with van der Waals surface area (Å²) in [6.07, 6.45) is 0.485. The summed E-state index contributed by atoms with van der Waals surface area (Å²) in [6.45, 7) is 0.387. The van der Waals surface area contributed by atoms with Crippen molar-refractivity contribution in [2.24, 2.45) is 7.05 Å². The van der Waals surface area contributed by atoms with E-state index in [1.54, 1.807) is 41.9 Å². The molecule has 0 aliphatic heterocycles. The zero-order valence-corrected chi connectivity index (χ0v) is 17.6. The molecule has 0 radical (unpaired) electrons. The van der Waals surface area contributed by atoms with E-state index in [1.165, 1.54) is 30.0 Å². The lowest BCUT2D eigenvalue weighted by atomic mass is 10.2. The van der Waals surface area contributed by atoms with E-state index in [2.05, 4.69) is 20.8 Å². The Morgan fingerprint density at radius 2 is 1.93 bits per heavy atom. The van der Waals surface area contributed by atoms with Crippen molar-refractivity contribution < 1.29 is 14.0 Å². The molecule has 0 aliphatic rings. The summed E-state index contributed by atoms with van der Waals surface area (Å²) in [6, 6.07) is 12.3. The predicted molar refractivity (Wildman–Crippen MR) is 114 cm³/mol. The normalized spacial score (nSPS) is 10.6. The third-order valence-corrected chi connectivity index (χ3v) is 5.38. The SMILES string of the molecule is Cn1c(CCNC(=O)c2ccc(Cl)cc2)nnc1SCC(=O)Nc1cccc(F)c1. The molecule has 3 aromatic rings. The number of nitrogens with zero attached hydrogens (tertiary/aromatic N) is 3. The van der Waals surface area contributed by atoms with Gasteiger partial charge >= 0.3 is 0 Å². The number of hydrogen-bond acceptors (Lipinski definition) is 5. The van der Waals surface area contributed by atoms with Crippen LogP contribution in [0.15, 0.2) is 53.7 Å². The Morgan fingerprint density at radius 1 is 1.17 bits per heavy atom. The number of carbonyl (C=O) groups is 2. The van der Waals surface area contributed by atoms with Gasteiger partial charge in [0.05, 0.1) is 5.75 Å². The van der Waals surface area contributed by atoms with Crippen LogP contribution in [0.1, 0.15) is 16.2 Å². The summed E-state index contributed by atoms with van der Waals surface area (Å²) in [4.78, 5) is 24.2. The van der Waals surface area contributed by atoms with E-state index in [0.717, 1.165) is 0 Å². The van der Waals surface area contributed by atoms with Crippen molar-refractivity contribution in [2.45, 2.75) is 11.6 Å². The Kier molecular flexibility index (Phi) is 7.42. The van der Waals surface area contributed by atoms with Gasteiger partial charge in [-0.3, -0.25) is 9.59 Å². The van der Waals surface area contributed by atoms with Crippen molar-refractivity contribution in [3.05, 3.63) is 70.8 Å². The number of carbonyl (C=O) groups excluding carboxylic acids is 2. The molecule has 156 valence electrons. The molecule has 2 aromatic carbocycles. The van der Waals surface area contributed by atoms with Crippen LogP contribution in [0.4, 0.5) is 10.1 Å². The van der Waals surface area contributed by atoms with Crippen LogP contribution in [0, 0.1) is 5.82 Å². The van der Waals surface area contributed by atoms with Crippen molar-refractivity contribution >= 4 is 40.9 Å². The fourth-order valence-corrected chi connectivity index (χ4v) is 3.43. The van der Waals surface area contributed by atoms with Crippen molar-refractivity contribution in [2.75, 3.05) is 17.6 Å². The van der Waals surface area contributed by atoms with Crippen LogP contribution in [-0.4, -0.2) is 38.9 Å². The second kappa shape index (κ2) is 10.2. The number of amides is 2. The molecule has 3 rings (SSSR count). The highest BCUT2D eigenvalue weighted by molar-refractivity contribution is 7.99. The van der Waals surface area contributed by atoms with Crippen LogP contribution in [0.25, 0.3) is 0 Å². The monoisotopic (exact) mass is 447 g/mol. The first-order valence-electron chi connectivity index (χ1n) is 9.02.